The number of carbonyl (C=O) groups is 1. The van der Waals surface area contributed by atoms with E-state index in [1.165, 1.54) is 15.3 Å². The Kier molecular flexibility index (Phi) is 4.26. The van der Waals surface area contributed by atoms with E-state index in [0.717, 1.165) is 37.7 Å². The van der Waals surface area contributed by atoms with Crippen molar-refractivity contribution in [3.63, 3.8) is 0 Å². The van der Waals surface area contributed by atoms with E-state index in [2.05, 4.69) is 22.9 Å². The number of halogens is 1. The van der Waals surface area contributed by atoms with Crippen LogP contribution in [0.2, 0.25) is 0 Å². The minimum Gasteiger partial charge on any atom is -0.337 e. The zero-order valence-electron chi connectivity index (χ0n) is 10.4. The zero-order chi connectivity index (χ0) is 12.4. The molecule has 1 aromatic rings. The van der Waals surface area contributed by atoms with Crippen LogP contribution < -0.4 is 0 Å². The molecular formula is C13H18BrNOS. The molecule has 2 rings (SSSR count). The van der Waals surface area contributed by atoms with E-state index < -0.39 is 0 Å². The monoisotopic (exact) mass is 315 g/mol. The van der Waals surface area contributed by atoms with Crippen LogP contribution in [0.5, 0.6) is 0 Å². The van der Waals surface area contributed by atoms with Gasteiger partial charge in [0.05, 0.1) is 6.54 Å². The van der Waals surface area contributed by atoms with Crippen molar-refractivity contribution in [1.82, 2.24) is 4.90 Å². The van der Waals surface area contributed by atoms with Gasteiger partial charge in [-0.25, -0.2) is 0 Å². The third kappa shape index (κ3) is 2.58. The van der Waals surface area contributed by atoms with E-state index >= 15 is 0 Å². The molecule has 1 aliphatic rings. The van der Waals surface area contributed by atoms with Gasteiger partial charge in [0.2, 0.25) is 5.91 Å². The Morgan fingerprint density at radius 3 is 2.88 bits per heavy atom. The molecule has 0 unspecified atom stereocenters. The quantitative estimate of drug-likeness (QED) is 0.785. The van der Waals surface area contributed by atoms with Crippen molar-refractivity contribution in [2.45, 2.75) is 39.7 Å². The molecular weight excluding hydrogens is 298 g/mol. The van der Waals surface area contributed by atoms with Gasteiger partial charge in [0.25, 0.3) is 0 Å². The zero-order valence-corrected chi connectivity index (χ0v) is 12.8. The molecule has 4 heteroatoms. The van der Waals surface area contributed by atoms with Gasteiger partial charge >= 0.3 is 0 Å². The molecule has 1 aliphatic heterocycles. The van der Waals surface area contributed by atoms with Gasteiger partial charge in [-0.3, -0.25) is 4.79 Å². The number of thiophene rings is 1. The van der Waals surface area contributed by atoms with Crippen LogP contribution in [0.15, 0.2) is 0 Å². The Bertz CT molecular complexity index is 427. The van der Waals surface area contributed by atoms with Crippen LogP contribution in [0.4, 0.5) is 0 Å². The summed E-state index contributed by atoms with van der Waals surface area (Å²) in [5.41, 5.74) is 3.08. The number of carbonyl (C=O) groups excluding carboxylic acids is 1. The lowest BCUT2D eigenvalue weighted by molar-refractivity contribution is -0.129. The molecule has 0 radical (unpaired) electrons. The van der Waals surface area contributed by atoms with Crippen LogP contribution in [0, 0.1) is 0 Å². The second-order valence-electron chi connectivity index (χ2n) is 4.39. The van der Waals surface area contributed by atoms with E-state index in [4.69, 9.17) is 0 Å². The van der Waals surface area contributed by atoms with Crippen LogP contribution in [-0.4, -0.2) is 22.7 Å². The van der Waals surface area contributed by atoms with Crippen LogP contribution >= 0.6 is 27.3 Å². The summed E-state index contributed by atoms with van der Waals surface area (Å²) >= 11 is 5.45. The molecule has 0 N–H and O–H groups in total. The third-order valence-electron chi connectivity index (χ3n) is 3.36. The Morgan fingerprint density at radius 1 is 1.53 bits per heavy atom. The first-order valence-electron chi connectivity index (χ1n) is 6.11. The number of amides is 1. The smallest absolute Gasteiger partial charge is 0.219 e. The molecule has 2 nitrogen and oxygen atoms in total. The Balaban J connectivity index is 2.30. The van der Waals surface area contributed by atoms with Crippen molar-refractivity contribution >= 4 is 33.2 Å². The Labute approximate surface area is 115 Å². The van der Waals surface area contributed by atoms with Crippen molar-refractivity contribution in [2.24, 2.45) is 0 Å². The first-order valence-corrected chi connectivity index (χ1v) is 8.04. The molecule has 0 atom stereocenters. The molecule has 2 heterocycles. The molecule has 0 saturated carbocycles. The van der Waals surface area contributed by atoms with Crippen molar-refractivity contribution in [3.05, 3.63) is 20.9 Å². The molecule has 1 aromatic heterocycles. The highest BCUT2D eigenvalue weighted by Gasteiger charge is 2.24. The maximum atomic E-state index is 11.4. The summed E-state index contributed by atoms with van der Waals surface area (Å²) in [5, 5.41) is 1.03. The number of nitrogens with zero attached hydrogens (tertiary/aromatic N) is 1. The second-order valence-corrected chi connectivity index (χ2v) is 6.37. The van der Waals surface area contributed by atoms with Crippen LogP contribution in [0.25, 0.3) is 0 Å². The molecule has 0 fully saturated rings. The summed E-state index contributed by atoms with van der Waals surface area (Å²) < 4.78 is 0. The van der Waals surface area contributed by atoms with Crippen molar-refractivity contribution in [2.75, 3.05) is 11.9 Å². The molecule has 0 spiro atoms. The molecule has 0 bridgehead atoms. The fourth-order valence-electron chi connectivity index (χ4n) is 2.46. The summed E-state index contributed by atoms with van der Waals surface area (Å²) in [6.45, 7) is 5.60. The summed E-state index contributed by atoms with van der Waals surface area (Å²) in [5.74, 6) is 0.198. The predicted octanol–water partition coefficient (Wildman–Crippen LogP) is 3.15. The molecule has 0 saturated heterocycles. The van der Waals surface area contributed by atoms with Crippen LogP contribution in [-0.2, 0) is 30.6 Å². The van der Waals surface area contributed by atoms with Crippen molar-refractivity contribution < 1.29 is 4.79 Å². The second kappa shape index (κ2) is 5.53. The maximum Gasteiger partial charge on any atom is 0.219 e. The first-order chi connectivity index (χ1) is 8.17. The van der Waals surface area contributed by atoms with E-state index in [1.807, 2.05) is 16.2 Å². The summed E-state index contributed by atoms with van der Waals surface area (Å²) in [6, 6.07) is 0. The Hall–Kier alpha value is -0.350. The highest BCUT2D eigenvalue weighted by Crippen LogP contribution is 2.34. The van der Waals surface area contributed by atoms with Crippen LogP contribution in [0.3, 0.4) is 0 Å². The first kappa shape index (κ1) is 13.1. The lowest BCUT2D eigenvalue weighted by atomic mass is 9.99. The standard InChI is InChI=1S/C13H18BrNOS/c1-3-12-10(4-6-14)11-5-7-15(9(2)16)8-13(11)17-12/h3-8H2,1-2H3. The summed E-state index contributed by atoms with van der Waals surface area (Å²) in [7, 11) is 0. The summed E-state index contributed by atoms with van der Waals surface area (Å²) in [4.78, 5) is 16.3. The average Bonchev–Trinajstić information content (AvgIpc) is 2.67. The van der Waals surface area contributed by atoms with Gasteiger partial charge < -0.3 is 4.90 Å². The molecule has 1 amide bonds. The molecule has 17 heavy (non-hydrogen) atoms. The number of rotatable bonds is 3. The Morgan fingerprint density at radius 2 is 2.29 bits per heavy atom. The molecule has 94 valence electrons. The van der Waals surface area contributed by atoms with Gasteiger partial charge in [-0.05, 0) is 30.4 Å². The number of fused-ring (bicyclic) bond motifs is 1. The minimum atomic E-state index is 0.198. The summed E-state index contributed by atoms with van der Waals surface area (Å²) in [6.07, 6.45) is 3.27. The average molecular weight is 316 g/mol. The molecule has 0 aromatic carbocycles. The normalized spacial score (nSPS) is 14.9. The van der Waals surface area contributed by atoms with E-state index in [-0.39, 0.29) is 5.91 Å². The third-order valence-corrected chi connectivity index (χ3v) is 5.16. The predicted molar refractivity (Wildman–Crippen MR) is 76.0 cm³/mol. The fourth-order valence-corrected chi connectivity index (χ4v) is 4.22. The van der Waals surface area contributed by atoms with Crippen molar-refractivity contribution in [3.8, 4) is 0 Å². The highest BCUT2D eigenvalue weighted by molar-refractivity contribution is 9.09. The number of aryl methyl sites for hydroxylation is 1. The SMILES string of the molecule is CCc1sc2c(c1CCBr)CCN(C(C)=O)C2. The largest absolute Gasteiger partial charge is 0.337 e. The number of alkyl halides is 1. The number of hydrogen-bond acceptors (Lipinski definition) is 2. The fraction of sp³-hybridized carbons (Fsp3) is 0.615. The lowest BCUT2D eigenvalue weighted by Gasteiger charge is -2.26. The van der Waals surface area contributed by atoms with Gasteiger partial charge in [0, 0.05) is 28.6 Å². The van der Waals surface area contributed by atoms with Gasteiger partial charge in [0.15, 0.2) is 0 Å². The van der Waals surface area contributed by atoms with E-state index in [9.17, 15) is 4.79 Å². The van der Waals surface area contributed by atoms with Crippen LogP contribution in [0.1, 0.15) is 34.7 Å². The lowest BCUT2D eigenvalue weighted by Crippen LogP contribution is -2.33. The van der Waals surface area contributed by atoms with Gasteiger partial charge in [-0.15, -0.1) is 11.3 Å². The van der Waals surface area contributed by atoms with Gasteiger partial charge in [0.1, 0.15) is 0 Å². The van der Waals surface area contributed by atoms with Gasteiger partial charge in [-0.2, -0.15) is 0 Å². The number of hydrogen-bond donors (Lipinski definition) is 0. The van der Waals surface area contributed by atoms with Crippen molar-refractivity contribution in [1.29, 1.82) is 0 Å². The van der Waals surface area contributed by atoms with E-state index in [0.29, 0.717) is 0 Å². The van der Waals surface area contributed by atoms with E-state index in [1.54, 1.807) is 12.5 Å². The highest BCUT2D eigenvalue weighted by atomic mass is 79.9. The topological polar surface area (TPSA) is 20.3 Å². The maximum absolute atomic E-state index is 11.4. The minimum absolute atomic E-state index is 0.198. The molecule has 0 aliphatic carbocycles. The van der Waals surface area contributed by atoms with Gasteiger partial charge in [-0.1, -0.05) is 22.9 Å².